The summed E-state index contributed by atoms with van der Waals surface area (Å²) in [5.74, 6) is 0.0739. The van der Waals surface area contributed by atoms with E-state index in [1.54, 1.807) is 0 Å². The van der Waals surface area contributed by atoms with E-state index < -0.39 is 14.2 Å². The number of halogens is 1. The second-order valence-electron chi connectivity index (χ2n) is 8.47. The molecule has 2 aliphatic heterocycles. The highest BCUT2D eigenvalue weighted by atomic mass is 79.9. The Balaban J connectivity index is 1.51. The van der Waals surface area contributed by atoms with Crippen LogP contribution in [0.15, 0.2) is 60.7 Å². The fourth-order valence-electron chi connectivity index (χ4n) is 4.67. The molecule has 2 bridgehead atoms. The van der Waals surface area contributed by atoms with Gasteiger partial charge in [-0.2, -0.15) is 0 Å². The number of carbonyl (C=O) groups is 1. The SMILES string of the molecule is C[Si](C)(C[C@H]1[C@@H]2[C@H](O)[C@@H]([C@H]2Br)N1C(=O)OCc1ccccc1)c1ccccc1. The van der Waals surface area contributed by atoms with Gasteiger partial charge < -0.3 is 9.84 Å². The first-order valence-corrected chi connectivity index (χ1v) is 13.9. The highest BCUT2D eigenvalue weighted by Crippen LogP contribution is 2.52. The number of amides is 1. The largest absolute Gasteiger partial charge is 0.445 e. The van der Waals surface area contributed by atoms with Crippen molar-refractivity contribution in [3.05, 3.63) is 66.2 Å². The Morgan fingerprint density at radius 1 is 1.11 bits per heavy atom. The summed E-state index contributed by atoms with van der Waals surface area (Å²) in [6.07, 6.45) is -0.792. The van der Waals surface area contributed by atoms with Crippen LogP contribution in [0.1, 0.15) is 5.56 Å². The molecule has 0 spiro atoms. The average molecular weight is 460 g/mol. The van der Waals surface area contributed by atoms with E-state index in [1.165, 1.54) is 5.19 Å². The number of hydrogen-bond donors (Lipinski definition) is 1. The summed E-state index contributed by atoms with van der Waals surface area (Å²) in [5.41, 5.74) is 0.967. The summed E-state index contributed by atoms with van der Waals surface area (Å²) >= 11 is 3.71. The molecule has 1 saturated carbocycles. The Labute approximate surface area is 175 Å². The van der Waals surface area contributed by atoms with Crippen LogP contribution in [-0.2, 0) is 11.3 Å². The zero-order chi connectivity index (χ0) is 19.9. The summed E-state index contributed by atoms with van der Waals surface area (Å²) in [7, 11) is -1.77. The van der Waals surface area contributed by atoms with Gasteiger partial charge in [0.1, 0.15) is 6.61 Å². The van der Waals surface area contributed by atoms with Crippen LogP contribution in [0.25, 0.3) is 0 Å². The molecule has 1 aliphatic carbocycles. The molecule has 1 amide bonds. The van der Waals surface area contributed by atoms with Crippen molar-refractivity contribution < 1.29 is 14.6 Å². The quantitative estimate of drug-likeness (QED) is 0.546. The highest BCUT2D eigenvalue weighted by molar-refractivity contribution is 9.09. The molecule has 1 N–H and O–H groups in total. The predicted molar refractivity (Wildman–Crippen MR) is 117 cm³/mol. The van der Waals surface area contributed by atoms with Gasteiger partial charge in [0.15, 0.2) is 0 Å². The van der Waals surface area contributed by atoms with Crippen molar-refractivity contribution in [1.82, 2.24) is 4.90 Å². The van der Waals surface area contributed by atoms with Crippen molar-refractivity contribution in [3.63, 3.8) is 0 Å². The Morgan fingerprint density at radius 3 is 2.32 bits per heavy atom. The second-order valence-corrected chi connectivity index (χ2v) is 14.3. The summed E-state index contributed by atoms with van der Waals surface area (Å²) in [6.45, 7) is 4.92. The molecule has 5 atom stereocenters. The number of rotatable bonds is 5. The molecule has 5 rings (SSSR count). The zero-order valence-electron chi connectivity index (χ0n) is 16.2. The average Bonchev–Trinajstić information content (AvgIpc) is 3.16. The van der Waals surface area contributed by atoms with Crippen molar-refractivity contribution in [2.45, 2.75) is 48.8 Å². The normalized spacial score (nSPS) is 28.7. The number of fused-ring (bicyclic) bond motifs is 1. The fraction of sp³-hybridized carbons (Fsp3) is 0.409. The van der Waals surface area contributed by atoms with E-state index in [1.807, 2.05) is 41.3 Å². The van der Waals surface area contributed by atoms with Gasteiger partial charge in [0.05, 0.1) is 20.2 Å². The topological polar surface area (TPSA) is 49.8 Å². The molecule has 0 aromatic heterocycles. The Morgan fingerprint density at radius 2 is 1.71 bits per heavy atom. The molecule has 3 aliphatic rings. The van der Waals surface area contributed by atoms with E-state index >= 15 is 0 Å². The molecule has 148 valence electrons. The maximum atomic E-state index is 13.0. The van der Waals surface area contributed by atoms with Crippen LogP contribution in [0.3, 0.4) is 0 Å². The van der Waals surface area contributed by atoms with E-state index in [9.17, 15) is 9.90 Å². The number of nitrogens with zero attached hydrogens (tertiary/aromatic N) is 1. The molecule has 28 heavy (non-hydrogen) atoms. The van der Waals surface area contributed by atoms with Crippen LogP contribution in [-0.4, -0.2) is 47.2 Å². The molecule has 3 fully saturated rings. The molecule has 0 unspecified atom stereocenters. The van der Waals surface area contributed by atoms with Gasteiger partial charge in [0.25, 0.3) is 0 Å². The standard InChI is InChI=1S/C22H26BrNO3Si/c1-28(2,16-11-7-4-8-12-16)14-17-18-19(23)20(21(18)25)24(17)22(26)27-13-15-9-5-3-6-10-15/h3-12,17-21,25H,13-14H2,1-2H3/t17-,18-,19-,20+,21-/m0/s1. The van der Waals surface area contributed by atoms with Crippen molar-refractivity contribution in [1.29, 1.82) is 0 Å². The van der Waals surface area contributed by atoms with E-state index in [0.717, 1.165) is 11.6 Å². The number of ether oxygens (including phenoxy) is 1. The monoisotopic (exact) mass is 459 g/mol. The van der Waals surface area contributed by atoms with Crippen molar-refractivity contribution in [2.75, 3.05) is 0 Å². The van der Waals surface area contributed by atoms with Gasteiger partial charge in [0, 0.05) is 16.8 Å². The lowest BCUT2D eigenvalue weighted by Crippen LogP contribution is -2.54. The lowest BCUT2D eigenvalue weighted by atomic mass is 9.80. The van der Waals surface area contributed by atoms with Gasteiger partial charge in [-0.05, 0) is 11.6 Å². The van der Waals surface area contributed by atoms with Crippen LogP contribution in [0.2, 0.25) is 19.1 Å². The predicted octanol–water partition coefficient (Wildman–Crippen LogP) is 3.75. The second kappa shape index (κ2) is 7.65. The third kappa shape index (κ3) is 3.42. The minimum atomic E-state index is -1.77. The third-order valence-electron chi connectivity index (χ3n) is 6.25. The Kier molecular flexibility index (Phi) is 5.38. The third-order valence-corrected chi connectivity index (χ3v) is 10.7. The van der Waals surface area contributed by atoms with Gasteiger partial charge in [-0.3, -0.25) is 4.90 Å². The van der Waals surface area contributed by atoms with E-state index in [-0.39, 0.29) is 35.5 Å². The molecular formula is C22H26BrNO3Si. The smallest absolute Gasteiger partial charge is 0.410 e. The van der Waals surface area contributed by atoms with Crippen LogP contribution in [0, 0.1) is 5.92 Å². The zero-order valence-corrected chi connectivity index (χ0v) is 18.7. The Hall–Kier alpha value is -1.63. The molecule has 4 nitrogen and oxygen atoms in total. The minimum absolute atomic E-state index is 0.00882. The van der Waals surface area contributed by atoms with Crippen molar-refractivity contribution in [2.24, 2.45) is 5.92 Å². The molecule has 0 radical (unpaired) electrons. The summed E-state index contributed by atoms with van der Waals surface area (Å²) in [4.78, 5) is 14.9. The van der Waals surface area contributed by atoms with Crippen LogP contribution >= 0.6 is 15.9 Å². The first-order valence-electron chi connectivity index (χ1n) is 9.77. The summed E-state index contributed by atoms with van der Waals surface area (Å²) in [5, 5.41) is 12.0. The Bertz CT molecular complexity index is 822. The van der Waals surface area contributed by atoms with Gasteiger partial charge in [-0.1, -0.05) is 94.9 Å². The number of benzene rings is 2. The number of aliphatic hydroxyl groups excluding tert-OH is 1. The number of carbonyl (C=O) groups excluding carboxylic acids is 1. The summed E-state index contributed by atoms with van der Waals surface area (Å²) in [6, 6.07) is 21.0. The van der Waals surface area contributed by atoms with Crippen LogP contribution < -0.4 is 5.19 Å². The lowest BCUT2D eigenvalue weighted by Gasteiger charge is -2.37. The van der Waals surface area contributed by atoms with E-state index in [0.29, 0.717) is 0 Å². The molecule has 2 saturated heterocycles. The number of aliphatic hydroxyl groups is 1. The lowest BCUT2D eigenvalue weighted by molar-refractivity contribution is 0.0252. The van der Waals surface area contributed by atoms with E-state index in [2.05, 4.69) is 53.3 Å². The first kappa shape index (κ1) is 19.7. The fourth-order valence-corrected chi connectivity index (χ4v) is 8.74. The van der Waals surface area contributed by atoms with Gasteiger partial charge in [0.2, 0.25) is 0 Å². The molecule has 2 heterocycles. The maximum absolute atomic E-state index is 13.0. The van der Waals surface area contributed by atoms with Gasteiger partial charge in [-0.25, -0.2) is 4.79 Å². The molecular weight excluding hydrogens is 434 g/mol. The van der Waals surface area contributed by atoms with E-state index in [4.69, 9.17) is 4.74 Å². The summed E-state index contributed by atoms with van der Waals surface area (Å²) < 4.78 is 5.63. The minimum Gasteiger partial charge on any atom is -0.445 e. The van der Waals surface area contributed by atoms with Gasteiger partial charge in [-0.15, -0.1) is 0 Å². The van der Waals surface area contributed by atoms with Crippen molar-refractivity contribution in [3.8, 4) is 0 Å². The van der Waals surface area contributed by atoms with Crippen molar-refractivity contribution >= 4 is 35.3 Å². The molecule has 2 aromatic carbocycles. The maximum Gasteiger partial charge on any atom is 0.410 e. The van der Waals surface area contributed by atoms with Gasteiger partial charge >= 0.3 is 6.09 Å². The van der Waals surface area contributed by atoms with Crippen LogP contribution in [0.4, 0.5) is 4.79 Å². The first-order chi connectivity index (χ1) is 13.4. The number of alkyl halides is 1. The number of hydrogen-bond acceptors (Lipinski definition) is 3. The van der Waals surface area contributed by atoms with Crippen LogP contribution in [0.5, 0.6) is 0 Å². The highest BCUT2D eigenvalue weighted by Gasteiger charge is 2.66. The molecule has 2 aromatic rings. The molecule has 6 heteroatoms.